The van der Waals surface area contributed by atoms with Crippen LogP contribution in [-0.4, -0.2) is 12.6 Å². The van der Waals surface area contributed by atoms with Crippen molar-refractivity contribution < 1.29 is 13.9 Å². The monoisotopic (exact) mass is 208 g/mol. The second kappa shape index (κ2) is 5.29. The summed E-state index contributed by atoms with van der Waals surface area (Å²) in [5.74, 6) is -0.802. The van der Waals surface area contributed by atoms with Crippen molar-refractivity contribution in [3.63, 3.8) is 0 Å². The summed E-state index contributed by atoms with van der Waals surface area (Å²) in [7, 11) is 0. The minimum Gasteiger partial charge on any atom is -0.463 e. The second-order valence-corrected chi connectivity index (χ2v) is 3.09. The molecule has 0 heterocycles. The Morgan fingerprint density at radius 2 is 2.13 bits per heavy atom. The maximum Gasteiger partial charge on any atom is 0.333 e. The summed E-state index contributed by atoms with van der Waals surface area (Å²) in [4.78, 5) is 11.2. The van der Waals surface area contributed by atoms with Gasteiger partial charge in [0.1, 0.15) is 5.82 Å². The van der Waals surface area contributed by atoms with Crippen LogP contribution in [0, 0.1) is 5.82 Å². The van der Waals surface area contributed by atoms with E-state index >= 15 is 0 Å². The number of hydrogen-bond donors (Lipinski definition) is 0. The Kier molecular flexibility index (Phi) is 4.03. The van der Waals surface area contributed by atoms with E-state index in [-0.39, 0.29) is 17.8 Å². The number of hydrogen-bond acceptors (Lipinski definition) is 2. The van der Waals surface area contributed by atoms with Crippen LogP contribution in [-0.2, 0) is 16.0 Å². The zero-order valence-corrected chi connectivity index (χ0v) is 8.63. The minimum atomic E-state index is -0.472. The van der Waals surface area contributed by atoms with Crippen molar-refractivity contribution in [2.45, 2.75) is 13.3 Å². The van der Waals surface area contributed by atoms with Gasteiger partial charge >= 0.3 is 5.97 Å². The largest absolute Gasteiger partial charge is 0.463 e. The number of ether oxygens (including phenoxy) is 1. The number of benzene rings is 1. The van der Waals surface area contributed by atoms with Crippen molar-refractivity contribution in [3.8, 4) is 0 Å². The molecule has 0 aromatic heterocycles. The highest BCUT2D eigenvalue weighted by Gasteiger charge is 2.10. The summed E-state index contributed by atoms with van der Waals surface area (Å²) in [6.45, 7) is 5.59. The van der Waals surface area contributed by atoms with Gasteiger partial charge in [-0.25, -0.2) is 9.18 Å². The second-order valence-electron chi connectivity index (χ2n) is 3.09. The lowest BCUT2D eigenvalue weighted by molar-refractivity contribution is -0.138. The van der Waals surface area contributed by atoms with Gasteiger partial charge in [0, 0.05) is 12.0 Å². The van der Waals surface area contributed by atoms with Crippen molar-refractivity contribution >= 4 is 5.97 Å². The molecule has 0 saturated carbocycles. The molecular weight excluding hydrogens is 195 g/mol. The van der Waals surface area contributed by atoms with Crippen LogP contribution < -0.4 is 0 Å². The maximum absolute atomic E-state index is 13.2. The van der Waals surface area contributed by atoms with Gasteiger partial charge in [0.25, 0.3) is 0 Å². The Hall–Kier alpha value is -1.64. The molecular formula is C12H13FO2. The minimum absolute atomic E-state index is 0.186. The van der Waals surface area contributed by atoms with Crippen LogP contribution in [0.4, 0.5) is 4.39 Å². The smallest absolute Gasteiger partial charge is 0.333 e. The van der Waals surface area contributed by atoms with E-state index < -0.39 is 5.97 Å². The molecule has 1 aromatic rings. The van der Waals surface area contributed by atoms with Crippen molar-refractivity contribution in [1.82, 2.24) is 0 Å². The summed E-state index contributed by atoms with van der Waals surface area (Å²) in [5.41, 5.74) is 0.720. The topological polar surface area (TPSA) is 26.3 Å². The summed E-state index contributed by atoms with van der Waals surface area (Å²) >= 11 is 0. The molecule has 3 heteroatoms. The molecule has 0 spiro atoms. The average Bonchev–Trinajstić information content (AvgIpc) is 2.21. The van der Waals surface area contributed by atoms with E-state index in [4.69, 9.17) is 4.74 Å². The zero-order valence-electron chi connectivity index (χ0n) is 8.63. The van der Waals surface area contributed by atoms with Crippen molar-refractivity contribution in [3.05, 3.63) is 47.8 Å². The molecule has 0 aliphatic rings. The Morgan fingerprint density at radius 3 is 2.73 bits per heavy atom. The summed E-state index contributed by atoms with van der Waals surface area (Å²) in [6, 6.07) is 6.30. The zero-order chi connectivity index (χ0) is 11.3. The first kappa shape index (κ1) is 11.4. The predicted molar refractivity (Wildman–Crippen MR) is 55.9 cm³/mol. The van der Waals surface area contributed by atoms with Gasteiger partial charge in [-0.15, -0.1) is 0 Å². The molecule has 80 valence electrons. The molecule has 1 aromatic carbocycles. The quantitative estimate of drug-likeness (QED) is 0.561. The highest BCUT2D eigenvalue weighted by atomic mass is 19.1. The molecule has 0 saturated heterocycles. The molecule has 0 aliphatic carbocycles. The fourth-order valence-corrected chi connectivity index (χ4v) is 1.18. The molecule has 0 unspecified atom stereocenters. The van der Waals surface area contributed by atoms with E-state index in [9.17, 15) is 9.18 Å². The fourth-order valence-electron chi connectivity index (χ4n) is 1.18. The van der Waals surface area contributed by atoms with Crippen LogP contribution in [0.3, 0.4) is 0 Å². The number of rotatable bonds is 4. The molecule has 0 atom stereocenters. The van der Waals surface area contributed by atoms with Crippen LogP contribution >= 0.6 is 0 Å². The molecule has 0 radical (unpaired) electrons. The standard InChI is InChI=1S/C12H13FO2/c1-3-15-12(14)9(2)8-10-6-4-5-7-11(10)13/h4-7H,2-3,8H2,1H3. The molecule has 0 N–H and O–H groups in total. The van der Waals surface area contributed by atoms with Crippen molar-refractivity contribution in [1.29, 1.82) is 0 Å². The van der Waals surface area contributed by atoms with Crippen LogP contribution in [0.25, 0.3) is 0 Å². The van der Waals surface area contributed by atoms with E-state index in [0.717, 1.165) is 0 Å². The Balaban J connectivity index is 2.67. The van der Waals surface area contributed by atoms with Gasteiger partial charge < -0.3 is 4.74 Å². The van der Waals surface area contributed by atoms with Crippen LogP contribution in [0.1, 0.15) is 12.5 Å². The third-order valence-electron chi connectivity index (χ3n) is 1.93. The summed E-state index contributed by atoms with van der Waals surface area (Å²) < 4.78 is 18.0. The molecule has 0 fully saturated rings. The van der Waals surface area contributed by atoms with E-state index in [0.29, 0.717) is 12.2 Å². The van der Waals surface area contributed by atoms with Gasteiger partial charge in [-0.05, 0) is 18.6 Å². The van der Waals surface area contributed by atoms with Gasteiger partial charge in [0.2, 0.25) is 0 Å². The van der Waals surface area contributed by atoms with E-state index in [1.165, 1.54) is 6.07 Å². The van der Waals surface area contributed by atoms with Crippen LogP contribution in [0.15, 0.2) is 36.4 Å². The van der Waals surface area contributed by atoms with E-state index in [2.05, 4.69) is 6.58 Å². The number of halogens is 1. The SMILES string of the molecule is C=C(Cc1ccccc1F)C(=O)OCC. The molecule has 2 nitrogen and oxygen atoms in total. The van der Waals surface area contributed by atoms with E-state index in [1.807, 2.05) is 0 Å². The molecule has 1 rings (SSSR count). The highest BCUT2D eigenvalue weighted by molar-refractivity contribution is 5.88. The van der Waals surface area contributed by atoms with Crippen molar-refractivity contribution in [2.24, 2.45) is 0 Å². The molecule has 0 amide bonds. The third kappa shape index (κ3) is 3.20. The third-order valence-corrected chi connectivity index (χ3v) is 1.93. The Morgan fingerprint density at radius 1 is 1.47 bits per heavy atom. The predicted octanol–water partition coefficient (Wildman–Crippen LogP) is 2.49. The average molecular weight is 208 g/mol. The van der Waals surface area contributed by atoms with E-state index in [1.54, 1.807) is 25.1 Å². The number of carbonyl (C=O) groups is 1. The fraction of sp³-hybridized carbons (Fsp3) is 0.250. The van der Waals surface area contributed by atoms with Gasteiger partial charge in [0.05, 0.1) is 6.61 Å². The molecule has 0 bridgehead atoms. The summed E-state index contributed by atoms with van der Waals surface area (Å²) in [5, 5.41) is 0. The number of carbonyl (C=O) groups excluding carboxylic acids is 1. The lowest BCUT2D eigenvalue weighted by Gasteiger charge is -2.05. The van der Waals surface area contributed by atoms with Gasteiger partial charge in [-0.1, -0.05) is 24.8 Å². The lowest BCUT2D eigenvalue weighted by Crippen LogP contribution is -2.09. The normalized spacial score (nSPS) is 9.73. The maximum atomic E-state index is 13.2. The first-order valence-corrected chi connectivity index (χ1v) is 4.73. The van der Waals surface area contributed by atoms with Crippen molar-refractivity contribution in [2.75, 3.05) is 6.61 Å². The first-order valence-electron chi connectivity index (χ1n) is 4.73. The highest BCUT2D eigenvalue weighted by Crippen LogP contribution is 2.11. The lowest BCUT2D eigenvalue weighted by atomic mass is 10.1. The van der Waals surface area contributed by atoms with Crippen LogP contribution in [0.5, 0.6) is 0 Å². The van der Waals surface area contributed by atoms with Gasteiger partial charge in [0.15, 0.2) is 0 Å². The molecule has 0 aliphatic heterocycles. The van der Waals surface area contributed by atoms with Gasteiger partial charge in [-0.3, -0.25) is 0 Å². The summed E-state index contributed by atoms with van der Waals surface area (Å²) in [6.07, 6.45) is 0.186. The Labute approximate surface area is 88.4 Å². The molecule has 15 heavy (non-hydrogen) atoms. The first-order chi connectivity index (χ1) is 7.15. The Bertz CT molecular complexity index is 372. The van der Waals surface area contributed by atoms with Crippen LogP contribution in [0.2, 0.25) is 0 Å². The van der Waals surface area contributed by atoms with Gasteiger partial charge in [-0.2, -0.15) is 0 Å². The number of esters is 1.